The Bertz CT molecular complexity index is 761. The number of amides is 2. The molecule has 0 bridgehead atoms. The number of hydrogen-bond donors (Lipinski definition) is 2. The van der Waals surface area contributed by atoms with Gasteiger partial charge in [0.2, 0.25) is 5.91 Å². The molecule has 1 aliphatic heterocycles. The molecule has 26 heavy (non-hydrogen) atoms. The van der Waals surface area contributed by atoms with E-state index < -0.39 is 0 Å². The maximum Gasteiger partial charge on any atom is 0.261 e. The molecule has 1 aromatic carbocycles. The van der Waals surface area contributed by atoms with Crippen LogP contribution in [-0.4, -0.2) is 31.6 Å². The van der Waals surface area contributed by atoms with Crippen LogP contribution < -0.4 is 20.1 Å². The predicted molar refractivity (Wildman–Crippen MR) is 99.9 cm³/mol. The molecule has 2 N–H and O–H groups in total. The van der Waals surface area contributed by atoms with Crippen LogP contribution >= 0.6 is 11.3 Å². The van der Waals surface area contributed by atoms with E-state index in [1.165, 1.54) is 11.3 Å². The van der Waals surface area contributed by atoms with Gasteiger partial charge >= 0.3 is 0 Å². The van der Waals surface area contributed by atoms with Gasteiger partial charge in [-0.15, -0.1) is 11.3 Å². The lowest BCUT2D eigenvalue weighted by molar-refractivity contribution is -0.121. The molecular formula is C19H22N2O4S. The third kappa shape index (κ3) is 4.76. The zero-order valence-corrected chi connectivity index (χ0v) is 15.4. The van der Waals surface area contributed by atoms with Crippen molar-refractivity contribution in [2.45, 2.75) is 25.8 Å². The smallest absolute Gasteiger partial charge is 0.261 e. The zero-order valence-electron chi connectivity index (χ0n) is 14.6. The Morgan fingerprint density at radius 1 is 1.19 bits per heavy atom. The highest BCUT2D eigenvalue weighted by Gasteiger charge is 2.15. The van der Waals surface area contributed by atoms with Crippen LogP contribution in [0.15, 0.2) is 35.7 Å². The van der Waals surface area contributed by atoms with Gasteiger partial charge in [-0.3, -0.25) is 9.59 Å². The summed E-state index contributed by atoms with van der Waals surface area (Å²) in [7, 11) is 0. The van der Waals surface area contributed by atoms with E-state index in [1.54, 1.807) is 6.07 Å². The fraction of sp³-hybridized carbons (Fsp3) is 0.368. The highest BCUT2D eigenvalue weighted by molar-refractivity contribution is 7.12. The van der Waals surface area contributed by atoms with E-state index in [9.17, 15) is 9.59 Å². The van der Waals surface area contributed by atoms with Crippen molar-refractivity contribution in [2.24, 2.45) is 0 Å². The summed E-state index contributed by atoms with van der Waals surface area (Å²) in [5.41, 5.74) is 0.966. The van der Waals surface area contributed by atoms with Crippen molar-refractivity contribution in [2.75, 3.05) is 19.8 Å². The molecule has 7 heteroatoms. The van der Waals surface area contributed by atoms with E-state index in [1.807, 2.05) is 36.6 Å². The summed E-state index contributed by atoms with van der Waals surface area (Å²) in [6.07, 6.45) is 0.955. The first kappa shape index (κ1) is 18.3. The first-order valence-corrected chi connectivity index (χ1v) is 9.52. The molecule has 1 aromatic heterocycles. The van der Waals surface area contributed by atoms with Crippen LogP contribution in [0, 0.1) is 0 Å². The Morgan fingerprint density at radius 3 is 2.77 bits per heavy atom. The third-order valence-electron chi connectivity index (χ3n) is 4.05. The largest absolute Gasteiger partial charge is 0.486 e. The number of carbonyl (C=O) groups is 2. The molecule has 2 amide bonds. The Morgan fingerprint density at radius 2 is 2.00 bits per heavy atom. The van der Waals surface area contributed by atoms with Gasteiger partial charge in [-0.05, 0) is 42.5 Å². The molecule has 0 saturated heterocycles. The molecule has 2 heterocycles. The number of benzene rings is 1. The highest BCUT2D eigenvalue weighted by atomic mass is 32.1. The summed E-state index contributed by atoms with van der Waals surface area (Å²) in [6.45, 7) is 3.50. The monoisotopic (exact) mass is 374 g/mol. The Hall–Kier alpha value is -2.54. The molecule has 1 aliphatic rings. The van der Waals surface area contributed by atoms with Crippen LogP contribution in [0.3, 0.4) is 0 Å². The first-order chi connectivity index (χ1) is 12.6. The molecule has 2 aromatic rings. The quantitative estimate of drug-likeness (QED) is 0.731. The molecule has 0 fully saturated rings. The maximum absolute atomic E-state index is 12.1. The third-order valence-corrected chi connectivity index (χ3v) is 4.92. The summed E-state index contributed by atoms with van der Waals surface area (Å²) in [4.78, 5) is 24.6. The Labute approximate surface area is 156 Å². The second kappa shape index (κ2) is 8.71. The van der Waals surface area contributed by atoms with E-state index in [0.29, 0.717) is 43.2 Å². The number of rotatable bonds is 7. The van der Waals surface area contributed by atoms with Gasteiger partial charge in [-0.1, -0.05) is 12.1 Å². The summed E-state index contributed by atoms with van der Waals surface area (Å²) in [6, 6.07) is 9.19. The summed E-state index contributed by atoms with van der Waals surface area (Å²) >= 11 is 1.40. The second-order valence-electron chi connectivity index (χ2n) is 6.03. The lowest BCUT2D eigenvalue weighted by Crippen LogP contribution is -2.29. The number of hydrogen-bond acceptors (Lipinski definition) is 5. The van der Waals surface area contributed by atoms with E-state index >= 15 is 0 Å². The lowest BCUT2D eigenvalue weighted by atomic mass is 10.1. The molecule has 0 spiro atoms. The minimum absolute atomic E-state index is 0.0437. The molecule has 0 radical (unpaired) electrons. The van der Waals surface area contributed by atoms with Crippen molar-refractivity contribution >= 4 is 23.2 Å². The topological polar surface area (TPSA) is 76.7 Å². The van der Waals surface area contributed by atoms with Crippen molar-refractivity contribution in [3.63, 3.8) is 0 Å². The van der Waals surface area contributed by atoms with Gasteiger partial charge in [-0.2, -0.15) is 0 Å². The molecular weight excluding hydrogens is 352 g/mol. The van der Waals surface area contributed by atoms with Crippen LogP contribution in [-0.2, 0) is 4.79 Å². The van der Waals surface area contributed by atoms with Gasteiger partial charge in [0, 0.05) is 13.0 Å². The molecule has 138 valence electrons. The van der Waals surface area contributed by atoms with Crippen LogP contribution in [0.1, 0.15) is 41.0 Å². The average Bonchev–Trinajstić information content (AvgIpc) is 3.19. The van der Waals surface area contributed by atoms with E-state index in [-0.39, 0.29) is 17.9 Å². The van der Waals surface area contributed by atoms with Gasteiger partial charge < -0.3 is 20.1 Å². The van der Waals surface area contributed by atoms with Crippen LogP contribution in [0.25, 0.3) is 0 Å². The maximum atomic E-state index is 12.1. The number of thiophene rings is 1. The van der Waals surface area contributed by atoms with Crippen LogP contribution in [0.2, 0.25) is 0 Å². The van der Waals surface area contributed by atoms with Gasteiger partial charge in [-0.25, -0.2) is 0 Å². The minimum Gasteiger partial charge on any atom is -0.486 e. The van der Waals surface area contributed by atoms with Gasteiger partial charge in [0.25, 0.3) is 5.91 Å². The van der Waals surface area contributed by atoms with E-state index in [4.69, 9.17) is 9.47 Å². The Balaban J connectivity index is 1.41. The first-order valence-electron chi connectivity index (χ1n) is 8.64. The fourth-order valence-corrected chi connectivity index (χ4v) is 3.31. The molecule has 3 rings (SSSR count). The summed E-state index contributed by atoms with van der Waals surface area (Å²) in [5, 5.41) is 7.66. The zero-order chi connectivity index (χ0) is 18.4. The van der Waals surface area contributed by atoms with Gasteiger partial charge in [0.1, 0.15) is 13.2 Å². The van der Waals surface area contributed by atoms with E-state index in [2.05, 4.69) is 10.6 Å². The molecule has 6 nitrogen and oxygen atoms in total. The normalized spacial score (nSPS) is 13.7. The van der Waals surface area contributed by atoms with Gasteiger partial charge in [0.05, 0.1) is 10.9 Å². The van der Waals surface area contributed by atoms with Crippen molar-refractivity contribution in [3.8, 4) is 11.5 Å². The number of nitrogens with one attached hydrogen (secondary N) is 2. The minimum atomic E-state index is -0.126. The molecule has 1 unspecified atom stereocenters. The SMILES string of the molecule is CC(NC(=O)CCCNC(=O)c1cccs1)c1ccc2c(c1)OCCO2. The van der Waals surface area contributed by atoms with E-state index in [0.717, 1.165) is 11.3 Å². The van der Waals surface area contributed by atoms with Crippen molar-refractivity contribution in [1.29, 1.82) is 0 Å². The highest BCUT2D eigenvalue weighted by Crippen LogP contribution is 2.32. The van der Waals surface area contributed by atoms with Crippen molar-refractivity contribution in [1.82, 2.24) is 10.6 Å². The summed E-state index contributed by atoms with van der Waals surface area (Å²) < 4.78 is 11.1. The predicted octanol–water partition coefficient (Wildman–Crippen LogP) is 2.91. The average molecular weight is 374 g/mol. The number of ether oxygens (including phenoxy) is 2. The molecule has 0 aliphatic carbocycles. The number of carbonyl (C=O) groups excluding carboxylic acids is 2. The van der Waals surface area contributed by atoms with Crippen LogP contribution in [0.4, 0.5) is 0 Å². The van der Waals surface area contributed by atoms with Crippen molar-refractivity contribution in [3.05, 3.63) is 46.2 Å². The standard InChI is InChI=1S/C19H22N2O4S/c1-13(14-6-7-15-16(12-14)25-10-9-24-15)21-18(22)5-2-8-20-19(23)17-4-3-11-26-17/h3-4,6-7,11-13H,2,5,8-10H2,1H3,(H,20,23)(H,21,22). The fourth-order valence-electron chi connectivity index (χ4n) is 2.67. The summed E-state index contributed by atoms with van der Waals surface area (Å²) in [5.74, 6) is 1.31. The molecule has 0 saturated carbocycles. The van der Waals surface area contributed by atoms with Crippen molar-refractivity contribution < 1.29 is 19.1 Å². The second-order valence-corrected chi connectivity index (χ2v) is 6.98. The van der Waals surface area contributed by atoms with Gasteiger partial charge in [0.15, 0.2) is 11.5 Å². The number of fused-ring (bicyclic) bond motifs is 1. The van der Waals surface area contributed by atoms with Crippen LogP contribution in [0.5, 0.6) is 11.5 Å². The molecule has 1 atom stereocenters. The lowest BCUT2D eigenvalue weighted by Gasteiger charge is -2.21. The Kier molecular flexibility index (Phi) is 6.12.